The van der Waals surface area contributed by atoms with Crippen LogP contribution < -0.4 is 0 Å². The Balaban J connectivity index is 3.02. The van der Waals surface area contributed by atoms with Crippen molar-refractivity contribution in [3.05, 3.63) is 58.7 Å². The lowest BCUT2D eigenvalue weighted by Crippen LogP contribution is -2.28. The first-order valence-electron chi connectivity index (χ1n) is 8.29. The average Bonchev–Trinajstić information content (AvgIpc) is 2.45. The summed E-state index contributed by atoms with van der Waals surface area (Å²) in [5.74, 6) is -1.05. The van der Waals surface area contributed by atoms with Crippen molar-refractivity contribution >= 4 is 5.97 Å². The summed E-state index contributed by atoms with van der Waals surface area (Å²) < 4.78 is 0. The maximum atomic E-state index is 11.4. The summed E-state index contributed by atoms with van der Waals surface area (Å²) >= 11 is 0. The third kappa shape index (κ3) is 5.38. The van der Waals surface area contributed by atoms with Gasteiger partial charge in [0.15, 0.2) is 0 Å². The summed E-state index contributed by atoms with van der Waals surface area (Å²) in [6.45, 7) is 12.5. The first-order chi connectivity index (χ1) is 10.7. The second-order valence-electron chi connectivity index (χ2n) is 7.05. The van der Waals surface area contributed by atoms with Crippen molar-refractivity contribution in [2.75, 3.05) is 0 Å². The topological polar surface area (TPSA) is 37.3 Å². The van der Waals surface area contributed by atoms with Gasteiger partial charge in [-0.3, -0.25) is 4.79 Å². The molecule has 23 heavy (non-hydrogen) atoms. The molecule has 0 saturated carbocycles. The van der Waals surface area contributed by atoms with Gasteiger partial charge in [0.05, 0.1) is 5.92 Å². The van der Waals surface area contributed by atoms with E-state index in [1.807, 2.05) is 19.9 Å². The Morgan fingerprint density at radius 3 is 2.43 bits per heavy atom. The van der Waals surface area contributed by atoms with Crippen LogP contribution in [0.2, 0.25) is 0 Å². The van der Waals surface area contributed by atoms with Crippen LogP contribution in [0.25, 0.3) is 0 Å². The average molecular weight is 314 g/mol. The summed E-state index contributed by atoms with van der Waals surface area (Å²) in [5.41, 5.74) is 4.58. The molecule has 0 aromatic heterocycles. The Bertz CT molecular complexity index is 595. The quantitative estimate of drug-likeness (QED) is 0.646. The van der Waals surface area contributed by atoms with Crippen molar-refractivity contribution in [3.8, 4) is 0 Å². The van der Waals surface area contributed by atoms with Crippen molar-refractivity contribution in [2.45, 2.75) is 54.4 Å². The fraction of sp³-hybridized carbons (Fsp3) is 0.476. The molecule has 0 saturated heterocycles. The van der Waals surface area contributed by atoms with E-state index in [4.69, 9.17) is 0 Å². The van der Waals surface area contributed by atoms with Gasteiger partial charge in [-0.25, -0.2) is 0 Å². The number of carbonyl (C=O) groups is 1. The number of aliphatic carboxylic acids is 1. The second kappa shape index (κ2) is 8.14. The molecular weight excluding hydrogens is 284 g/mol. The molecule has 0 bridgehead atoms. The van der Waals surface area contributed by atoms with Gasteiger partial charge in [0, 0.05) is 0 Å². The van der Waals surface area contributed by atoms with Gasteiger partial charge in [0.1, 0.15) is 0 Å². The second-order valence-corrected chi connectivity index (χ2v) is 7.05. The highest BCUT2D eigenvalue weighted by atomic mass is 16.4. The van der Waals surface area contributed by atoms with E-state index < -0.39 is 5.97 Å². The van der Waals surface area contributed by atoms with Crippen LogP contribution in [0.4, 0.5) is 0 Å². The zero-order chi connectivity index (χ0) is 17.6. The first kappa shape index (κ1) is 19.2. The third-order valence-electron chi connectivity index (χ3n) is 4.72. The number of hydrogen-bond donors (Lipinski definition) is 1. The Morgan fingerprint density at radius 1 is 1.22 bits per heavy atom. The molecule has 0 fully saturated rings. The summed E-state index contributed by atoms with van der Waals surface area (Å²) in [6, 6.07) is 0. The molecule has 1 rings (SSSR count). The van der Waals surface area contributed by atoms with Crippen molar-refractivity contribution in [1.29, 1.82) is 0 Å². The van der Waals surface area contributed by atoms with Gasteiger partial charge < -0.3 is 5.11 Å². The van der Waals surface area contributed by atoms with Gasteiger partial charge in [-0.1, -0.05) is 67.0 Å². The van der Waals surface area contributed by atoms with Gasteiger partial charge >= 0.3 is 5.97 Å². The third-order valence-corrected chi connectivity index (χ3v) is 4.72. The van der Waals surface area contributed by atoms with E-state index >= 15 is 0 Å². The van der Waals surface area contributed by atoms with Crippen LogP contribution in [0.15, 0.2) is 58.7 Å². The van der Waals surface area contributed by atoms with Gasteiger partial charge in [-0.15, -0.1) is 0 Å². The summed E-state index contributed by atoms with van der Waals surface area (Å²) in [4.78, 5) is 11.4. The Hall–Kier alpha value is -1.83. The van der Waals surface area contributed by atoms with Crippen LogP contribution in [0.3, 0.4) is 0 Å². The van der Waals surface area contributed by atoms with Crippen LogP contribution in [0.5, 0.6) is 0 Å². The molecule has 1 aliphatic carbocycles. The first-order valence-corrected chi connectivity index (χ1v) is 8.29. The van der Waals surface area contributed by atoms with Crippen LogP contribution in [-0.2, 0) is 4.79 Å². The Morgan fingerprint density at radius 2 is 1.87 bits per heavy atom. The van der Waals surface area contributed by atoms with E-state index in [9.17, 15) is 9.90 Å². The van der Waals surface area contributed by atoms with Crippen LogP contribution in [-0.4, -0.2) is 11.1 Å². The maximum Gasteiger partial charge on any atom is 0.310 e. The minimum atomic E-state index is -0.707. The van der Waals surface area contributed by atoms with E-state index in [-0.39, 0.29) is 11.3 Å². The number of allylic oxidation sites excluding steroid dienone is 9. The summed E-state index contributed by atoms with van der Waals surface area (Å²) in [7, 11) is 0. The van der Waals surface area contributed by atoms with Crippen LogP contribution >= 0.6 is 0 Å². The van der Waals surface area contributed by atoms with E-state index in [1.54, 1.807) is 0 Å². The lowest BCUT2D eigenvalue weighted by Gasteiger charge is -2.35. The van der Waals surface area contributed by atoms with E-state index in [0.29, 0.717) is 0 Å². The highest BCUT2D eigenvalue weighted by molar-refractivity contribution is 5.74. The molecule has 0 spiro atoms. The smallest absolute Gasteiger partial charge is 0.310 e. The highest BCUT2D eigenvalue weighted by Gasteiger charge is 2.34. The predicted molar refractivity (Wildman–Crippen MR) is 98.3 cm³/mol. The van der Waals surface area contributed by atoms with Gasteiger partial charge in [0.25, 0.3) is 0 Å². The minimum Gasteiger partial charge on any atom is -0.481 e. The molecular formula is C21H30O2. The molecule has 0 aromatic carbocycles. The Kier molecular flexibility index (Phi) is 6.80. The molecule has 0 aromatic rings. The summed E-state index contributed by atoms with van der Waals surface area (Å²) in [6.07, 6.45) is 14.1. The zero-order valence-electron chi connectivity index (χ0n) is 15.3. The monoisotopic (exact) mass is 314 g/mol. The number of carboxylic acids is 1. The van der Waals surface area contributed by atoms with E-state index in [2.05, 4.69) is 58.1 Å². The fourth-order valence-corrected chi connectivity index (χ4v) is 2.96. The molecule has 2 nitrogen and oxygen atoms in total. The lowest BCUT2D eigenvalue weighted by molar-refractivity contribution is -0.141. The molecule has 0 radical (unpaired) electrons. The molecule has 2 heteroatoms. The zero-order valence-corrected chi connectivity index (χ0v) is 15.3. The number of rotatable bonds is 5. The minimum absolute atomic E-state index is 0.0319. The van der Waals surface area contributed by atoms with Crippen molar-refractivity contribution in [2.24, 2.45) is 11.3 Å². The van der Waals surface area contributed by atoms with Crippen molar-refractivity contribution < 1.29 is 9.90 Å². The molecule has 0 aliphatic heterocycles. The molecule has 1 unspecified atom stereocenters. The SMILES string of the molecule is CC=C(C)C=CC=C(C)C=CC1=C(C)C(C(=O)O)CCC1(C)C. The van der Waals surface area contributed by atoms with E-state index in [1.165, 1.54) is 5.57 Å². The van der Waals surface area contributed by atoms with E-state index in [0.717, 1.165) is 29.6 Å². The molecule has 0 amide bonds. The normalized spacial score (nSPS) is 23.1. The van der Waals surface area contributed by atoms with Gasteiger partial charge in [-0.2, -0.15) is 0 Å². The molecule has 126 valence electrons. The van der Waals surface area contributed by atoms with Gasteiger partial charge in [0.2, 0.25) is 0 Å². The summed E-state index contributed by atoms with van der Waals surface area (Å²) in [5, 5.41) is 9.38. The van der Waals surface area contributed by atoms with Crippen molar-refractivity contribution in [3.63, 3.8) is 0 Å². The number of carboxylic acid groups (broad SMARTS) is 1. The molecule has 1 atom stereocenters. The lowest BCUT2D eigenvalue weighted by atomic mass is 9.69. The Labute approximate surface area is 141 Å². The fourth-order valence-electron chi connectivity index (χ4n) is 2.96. The van der Waals surface area contributed by atoms with Crippen molar-refractivity contribution in [1.82, 2.24) is 0 Å². The predicted octanol–water partition coefficient (Wildman–Crippen LogP) is 5.85. The number of hydrogen-bond acceptors (Lipinski definition) is 1. The molecule has 1 N–H and O–H groups in total. The van der Waals surface area contributed by atoms with Crippen LogP contribution in [0.1, 0.15) is 54.4 Å². The maximum absolute atomic E-state index is 11.4. The highest BCUT2D eigenvalue weighted by Crippen LogP contribution is 2.43. The molecule has 0 heterocycles. The van der Waals surface area contributed by atoms with Crippen LogP contribution in [0, 0.1) is 11.3 Å². The standard InChI is InChI=1S/C21H30O2/c1-7-15(2)9-8-10-16(3)11-12-19-17(4)18(20(22)23)13-14-21(19,5)6/h7-12,18H,13-14H2,1-6H3,(H,22,23). The largest absolute Gasteiger partial charge is 0.481 e. The molecule has 1 aliphatic rings. The van der Waals surface area contributed by atoms with Gasteiger partial charge in [-0.05, 0) is 51.5 Å².